The summed E-state index contributed by atoms with van der Waals surface area (Å²) in [5, 5.41) is 0. The molecule has 0 spiro atoms. The Hall–Kier alpha value is -0.770. The van der Waals surface area contributed by atoms with E-state index in [0.717, 1.165) is 11.3 Å². The number of para-hydroxylation sites is 1. The van der Waals surface area contributed by atoms with Crippen molar-refractivity contribution >= 4 is 11.6 Å². The van der Waals surface area contributed by atoms with Crippen LogP contribution in [0.5, 0.6) is 5.75 Å². The van der Waals surface area contributed by atoms with E-state index in [1.54, 1.807) is 7.11 Å². The van der Waals surface area contributed by atoms with Gasteiger partial charge in [-0.05, 0) is 6.07 Å². The molecule has 0 saturated carbocycles. The summed E-state index contributed by atoms with van der Waals surface area (Å²) in [6.07, 6.45) is -0.383. The van der Waals surface area contributed by atoms with Crippen molar-refractivity contribution in [3.8, 4) is 5.75 Å². The van der Waals surface area contributed by atoms with Gasteiger partial charge in [0.05, 0.1) is 25.7 Å². The van der Waals surface area contributed by atoms with E-state index in [1.807, 2.05) is 24.3 Å². The molecule has 0 aliphatic carbocycles. The largest absolute Gasteiger partial charge is 0.496 e. The number of ether oxygens (including phenoxy) is 3. The molecule has 15 heavy (non-hydrogen) atoms. The van der Waals surface area contributed by atoms with Gasteiger partial charge in [-0.25, -0.2) is 0 Å². The van der Waals surface area contributed by atoms with Gasteiger partial charge in [-0.3, -0.25) is 0 Å². The highest BCUT2D eigenvalue weighted by Gasteiger charge is 2.28. The second-order valence-electron chi connectivity index (χ2n) is 3.32. The van der Waals surface area contributed by atoms with Crippen LogP contribution in [0, 0.1) is 0 Å². The Bertz CT molecular complexity index is 329. The van der Waals surface area contributed by atoms with E-state index in [9.17, 15) is 0 Å². The molecular weight excluding hydrogens is 216 g/mol. The zero-order valence-corrected chi connectivity index (χ0v) is 9.24. The molecular formula is C11H13ClO3. The topological polar surface area (TPSA) is 27.7 Å². The van der Waals surface area contributed by atoms with Gasteiger partial charge in [0.2, 0.25) is 0 Å². The third kappa shape index (κ3) is 2.25. The molecule has 3 nitrogen and oxygen atoms in total. The lowest BCUT2D eigenvalue weighted by Crippen LogP contribution is -2.11. The van der Waals surface area contributed by atoms with Gasteiger partial charge in [-0.1, -0.05) is 18.2 Å². The van der Waals surface area contributed by atoms with Crippen LogP contribution in [-0.4, -0.2) is 25.7 Å². The summed E-state index contributed by atoms with van der Waals surface area (Å²) in [6, 6.07) is 7.66. The fraction of sp³-hybridized carbons (Fsp3) is 0.455. The Kier molecular flexibility index (Phi) is 3.46. The molecule has 0 unspecified atom stereocenters. The molecule has 1 aliphatic heterocycles. The number of alkyl halides is 1. The molecule has 82 valence electrons. The molecule has 2 atom stereocenters. The molecule has 4 heteroatoms. The zero-order valence-electron chi connectivity index (χ0n) is 8.48. The van der Waals surface area contributed by atoms with Crippen LogP contribution in [0.3, 0.4) is 0 Å². The van der Waals surface area contributed by atoms with Gasteiger partial charge in [-0.2, -0.15) is 0 Å². The summed E-state index contributed by atoms with van der Waals surface area (Å²) in [5.41, 5.74) is 0.910. The van der Waals surface area contributed by atoms with Crippen molar-refractivity contribution < 1.29 is 14.2 Å². The molecule has 1 saturated heterocycles. The fourth-order valence-electron chi connectivity index (χ4n) is 1.55. The highest BCUT2D eigenvalue weighted by Crippen LogP contribution is 2.33. The first-order valence-electron chi connectivity index (χ1n) is 4.81. The third-order valence-corrected chi connectivity index (χ3v) is 2.66. The summed E-state index contributed by atoms with van der Waals surface area (Å²) < 4.78 is 16.3. The first-order chi connectivity index (χ1) is 7.35. The number of hydrogen-bond acceptors (Lipinski definition) is 3. The third-order valence-electron chi connectivity index (χ3n) is 2.31. The van der Waals surface area contributed by atoms with Gasteiger partial charge >= 0.3 is 0 Å². The average molecular weight is 229 g/mol. The van der Waals surface area contributed by atoms with Crippen molar-refractivity contribution in [2.24, 2.45) is 0 Å². The summed E-state index contributed by atoms with van der Waals surface area (Å²) in [6.45, 7) is 0.534. The normalized spacial score (nSPS) is 25.5. The maximum atomic E-state index is 5.70. The molecule has 0 N–H and O–H groups in total. The van der Waals surface area contributed by atoms with Crippen molar-refractivity contribution in [1.29, 1.82) is 0 Å². The van der Waals surface area contributed by atoms with Gasteiger partial charge in [0.1, 0.15) is 5.75 Å². The molecule has 0 bridgehead atoms. The molecule has 1 fully saturated rings. The van der Waals surface area contributed by atoms with Gasteiger partial charge in [-0.15, -0.1) is 11.6 Å². The Morgan fingerprint density at radius 1 is 1.47 bits per heavy atom. The van der Waals surface area contributed by atoms with Crippen LogP contribution in [0.4, 0.5) is 0 Å². The zero-order chi connectivity index (χ0) is 10.7. The maximum Gasteiger partial charge on any atom is 0.187 e. The van der Waals surface area contributed by atoms with E-state index in [0.29, 0.717) is 12.5 Å². The number of benzene rings is 1. The minimum Gasteiger partial charge on any atom is -0.496 e. The van der Waals surface area contributed by atoms with E-state index in [1.165, 1.54) is 0 Å². The van der Waals surface area contributed by atoms with Crippen LogP contribution in [0.1, 0.15) is 11.9 Å². The molecule has 1 aromatic carbocycles. The van der Waals surface area contributed by atoms with E-state index in [-0.39, 0.29) is 12.4 Å². The van der Waals surface area contributed by atoms with Crippen LogP contribution in [0.2, 0.25) is 0 Å². The lowest BCUT2D eigenvalue weighted by molar-refractivity contribution is -0.0579. The van der Waals surface area contributed by atoms with Crippen LogP contribution < -0.4 is 4.74 Å². The number of methoxy groups -OCH3 is 1. The molecule has 1 aliphatic rings. The molecule has 0 aromatic heterocycles. The monoisotopic (exact) mass is 228 g/mol. The van der Waals surface area contributed by atoms with Crippen LogP contribution in [-0.2, 0) is 9.47 Å². The minimum atomic E-state index is -0.357. The number of rotatable bonds is 3. The number of hydrogen-bond donors (Lipinski definition) is 0. The molecule has 2 rings (SSSR count). The van der Waals surface area contributed by atoms with Crippen molar-refractivity contribution in [2.45, 2.75) is 12.4 Å². The average Bonchev–Trinajstić information content (AvgIpc) is 2.77. The Balaban J connectivity index is 2.16. The highest BCUT2D eigenvalue weighted by atomic mass is 35.5. The van der Waals surface area contributed by atoms with E-state index >= 15 is 0 Å². The summed E-state index contributed by atoms with van der Waals surface area (Å²) in [7, 11) is 1.63. The van der Waals surface area contributed by atoms with Crippen molar-refractivity contribution in [3.63, 3.8) is 0 Å². The molecule has 0 radical (unpaired) electrons. The highest BCUT2D eigenvalue weighted by molar-refractivity contribution is 6.18. The Morgan fingerprint density at radius 3 is 2.93 bits per heavy atom. The number of halogens is 1. The standard InChI is InChI=1S/C11H13ClO3/c1-13-10-5-3-2-4-9(10)11-14-7-8(6-12)15-11/h2-5,8,11H,6-7H2,1H3/t8-,11+/m0/s1. The van der Waals surface area contributed by atoms with Gasteiger partial charge < -0.3 is 14.2 Å². The van der Waals surface area contributed by atoms with E-state index in [2.05, 4.69) is 0 Å². The van der Waals surface area contributed by atoms with Crippen molar-refractivity contribution in [2.75, 3.05) is 19.6 Å². The molecule has 0 amide bonds. The van der Waals surface area contributed by atoms with Gasteiger partial charge in [0.15, 0.2) is 6.29 Å². The second-order valence-corrected chi connectivity index (χ2v) is 3.63. The SMILES string of the molecule is COc1ccccc1[C@@H]1OC[C@H](CCl)O1. The summed E-state index contributed by atoms with van der Waals surface area (Å²) in [4.78, 5) is 0. The predicted molar refractivity (Wildman–Crippen MR) is 57.3 cm³/mol. The maximum absolute atomic E-state index is 5.70. The lowest BCUT2D eigenvalue weighted by atomic mass is 10.2. The smallest absolute Gasteiger partial charge is 0.187 e. The lowest BCUT2D eigenvalue weighted by Gasteiger charge is -2.13. The first kappa shape index (κ1) is 10.7. The van der Waals surface area contributed by atoms with Crippen LogP contribution in [0.25, 0.3) is 0 Å². The molecule has 1 heterocycles. The van der Waals surface area contributed by atoms with Crippen molar-refractivity contribution in [3.05, 3.63) is 29.8 Å². The van der Waals surface area contributed by atoms with E-state index < -0.39 is 0 Å². The predicted octanol–water partition coefficient (Wildman–Crippen LogP) is 2.35. The summed E-state index contributed by atoms with van der Waals surface area (Å²) in [5.74, 6) is 1.23. The molecule has 1 aromatic rings. The van der Waals surface area contributed by atoms with Crippen LogP contribution >= 0.6 is 11.6 Å². The van der Waals surface area contributed by atoms with Gasteiger partial charge in [0, 0.05) is 5.56 Å². The second kappa shape index (κ2) is 4.84. The van der Waals surface area contributed by atoms with Crippen LogP contribution in [0.15, 0.2) is 24.3 Å². The quantitative estimate of drug-likeness (QED) is 0.744. The fourth-order valence-corrected chi connectivity index (χ4v) is 1.72. The van der Waals surface area contributed by atoms with Gasteiger partial charge in [0.25, 0.3) is 0 Å². The first-order valence-corrected chi connectivity index (χ1v) is 5.34. The summed E-state index contributed by atoms with van der Waals surface area (Å²) >= 11 is 5.70. The Labute approximate surface area is 93.9 Å². The minimum absolute atomic E-state index is 0.0263. The van der Waals surface area contributed by atoms with Crippen molar-refractivity contribution in [1.82, 2.24) is 0 Å². The van der Waals surface area contributed by atoms with E-state index in [4.69, 9.17) is 25.8 Å². The Morgan fingerprint density at radius 2 is 2.27 bits per heavy atom.